The summed E-state index contributed by atoms with van der Waals surface area (Å²) in [6.45, 7) is 6.86. The van der Waals surface area contributed by atoms with Crippen LogP contribution in [0.1, 0.15) is 42.4 Å². The number of hydrogen-bond donors (Lipinski definition) is 0. The molecule has 0 aliphatic heterocycles. The van der Waals surface area contributed by atoms with E-state index in [0.29, 0.717) is 13.0 Å². The van der Waals surface area contributed by atoms with Crippen LogP contribution in [0.15, 0.2) is 12.1 Å². The molecule has 0 unspecified atom stereocenters. The van der Waals surface area contributed by atoms with E-state index in [-0.39, 0.29) is 5.75 Å². The first-order chi connectivity index (χ1) is 9.31. The Morgan fingerprint density at radius 1 is 1.00 bits per heavy atom. The molecular weight excluding hydrogens is 296 g/mol. The Morgan fingerprint density at radius 3 is 2.25 bits per heavy atom. The Kier molecular flexibility index (Phi) is 6.83. The molecule has 5 heteroatoms. The van der Waals surface area contributed by atoms with Gasteiger partial charge >= 0.3 is 0 Å². The van der Waals surface area contributed by atoms with Gasteiger partial charge in [0.05, 0.1) is 12.4 Å². The lowest BCUT2D eigenvalue weighted by Crippen LogP contribution is -2.02. The van der Waals surface area contributed by atoms with Gasteiger partial charge in [-0.3, -0.25) is 0 Å². The van der Waals surface area contributed by atoms with E-state index in [4.69, 9.17) is 15.4 Å². The van der Waals surface area contributed by atoms with Crippen LogP contribution in [0.25, 0.3) is 0 Å². The maximum absolute atomic E-state index is 10.8. The van der Waals surface area contributed by atoms with Gasteiger partial charge in [-0.2, -0.15) is 0 Å². The highest BCUT2D eigenvalue weighted by atomic mass is 35.7. The molecular formula is C15H23ClO3S. The maximum Gasteiger partial charge on any atom is 0.232 e. The van der Waals surface area contributed by atoms with Crippen LogP contribution >= 0.6 is 10.7 Å². The Balaban J connectivity index is 2.27. The van der Waals surface area contributed by atoms with Crippen LogP contribution in [0, 0.1) is 20.8 Å². The molecule has 0 aliphatic rings. The van der Waals surface area contributed by atoms with E-state index in [1.807, 2.05) is 6.92 Å². The van der Waals surface area contributed by atoms with Gasteiger partial charge < -0.3 is 4.74 Å². The smallest absolute Gasteiger partial charge is 0.232 e. The van der Waals surface area contributed by atoms with Gasteiger partial charge in [-0.1, -0.05) is 25.0 Å². The third kappa shape index (κ3) is 6.14. The summed E-state index contributed by atoms with van der Waals surface area (Å²) in [7, 11) is 1.82. The molecule has 0 aliphatic carbocycles. The van der Waals surface area contributed by atoms with Gasteiger partial charge in [-0.05, 0) is 50.3 Å². The fourth-order valence-electron chi connectivity index (χ4n) is 2.05. The van der Waals surface area contributed by atoms with Crippen LogP contribution in [0.3, 0.4) is 0 Å². The van der Waals surface area contributed by atoms with Crippen molar-refractivity contribution < 1.29 is 13.2 Å². The number of hydrogen-bond acceptors (Lipinski definition) is 3. The Bertz CT molecular complexity index is 538. The lowest BCUT2D eigenvalue weighted by Gasteiger charge is -2.13. The summed E-state index contributed by atoms with van der Waals surface area (Å²) in [6, 6.07) is 4.17. The van der Waals surface area contributed by atoms with Crippen molar-refractivity contribution in [3.8, 4) is 5.75 Å². The Hall–Kier alpha value is -0.740. The third-order valence-corrected chi connectivity index (χ3v) is 4.64. The molecule has 0 fully saturated rings. The highest BCUT2D eigenvalue weighted by Crippen LogP contribution is 2.25. The van der Waals surface area contributed by atoms with E-state index < -0.39 is 9.05 Å². The van der Waals surface area contributed by atoms with Crippen LogP contribution in [-0.4, -0.2) is 20.8 Å². The second-order valence-electron chi connectivity index (χ2n) is 5.16. The van der Waals surface area contributed by atoms with Crippen LogP contribution in [-0.2, 0) is 9.05 Å². The standard InChI is InChI=1S/C15H23ClO3S/c1-12-8-9-13(2)15(14(12)3)19-10-6-4-5-7-11-20(16,17)18/h8-9H,4-7,10-11H2,1-3H3. The largest absolute Gasteiger partial charge is 0.493 e. The summed E-state index contributed by atoms with van der Waals surface area (Å²) in [6.07, 6.45) is 3.36. The molecule has 20 heavy (non-hydrogen) atoms. The van der Waals surface area contributed by atoms with Gasteiger partial charge in [0.15, 0.2) is 0 Å². The van der Waals surface area contributed by atoms with Gasteiger partial charge in [0.2, 0.25) is 9.05 Å². The molecule has 0 atom stereocenters. The molecule has 0 heterocycles. The fourth-order valence-corrected chi connectivity index (χ4v) is 2.93. The summed E-state index contributed by atoms with van der Waals surface area (Å²) >= 11 is 0. The lowest BCUT2D eigenvalue weighted by atomic mass is 10.1. The molecule has 1 aromatic rings. The first-order valence-electron chi connectivity index (χ1n) is 6.93. The molecule has 114 valence electrons. The SMILES string of the molecule is Cc1ccc(C)c(OCCCCCCS(=O)(=O)Cl)c1C. The van der Waals surface area contributed by atoms with E-state index in [1.165, 1.54) is 11.1 Å². The van der Waals surface area contributed by atoms with Gasteiger partial charge in [0.1, 0.15) is 5.75 Å². The van der Waals surface area contributed by atoms with Crippen molar-refractivity contribution in [2.45, 2.75) is 46.5 Å². The number of ether oxygens (including phenoxy) is 1. The zero-order valence-electron chi connectivity index (χ0n) is 12.4. The van der Waals surface area contributed by atoms with Gasteiger partial charge in [0.25, 0.3) is 0 Å². The van der Waals surface area contributed by atoms with Gasteiger partial charge in [-0.25, -0.2) is 8.42 Å². The first-order valence-corrected chi connectivity index (χ1v) is 9.41. The minimum absolute atomic E-state index is 0.0610. The van der Waals surface area contributed by atoms with E-state index >= 15 is 0 Å². The van der Waals surface area contributed by atoms with Crippen molar-refractivity contribution in [1.82, 2.24) is 0 Å². The first kappa shape index (κ1) is 17.3. The highest BCUT2D eigenvalue weighted by molar-refractivity contribution is 8.13. The highest BCUT2D eigenvalue weighted by Gasteiger charge is 2.06. The van der Waals surface area contributed by atoms with Crippen molar-refractivity contribution in [3.63, 3.8) is 0 Å². The monoisotopic (exact) mass is 318 g/mol. The molecule has 1 aromatic carbocycles. The van der Waals surface area contributed by atoms with E-state index in [1.54, 1.807) is 0 Å². The number of rotatable bonds is 8. The summed E-state index contributed by atoms with van der Waals surface area (Å²) in [5, 5.41) is 0. The van der Waals surface area contributed by atoms with Crippen molar-refractivity contribution in [2.24, 2.45) is 0 Å². The molecule has 0 N–H and O–H groups in total. The minimum atomic E-state index is -3.33. The van der Waals surface area contributed by atoms with Crippen LogP contribution in [0.4, 0.5) is 0 Å². The maximum atomic E-state index is 10.8. The molecule has 0 saturated carbocycles. The van der Waals surface area contributed by atoms with E-state index in [2.05, 4.69) is 26.0 Å². The molecule has 0 saturated heterocycles. The van der Waals surface area contributed by atoms with Gasteiger partial charge in [-0.15, -0.1) is 0 Å². The normalized spacial score (nSPS) is 11.6. The Morgan fingerprint density at radius 2 is 1.60 bits per heavy atom. The topological polar surface area (TPSA) is 43.4 Å². The van der Waals surface area contributed by atoms with Crippen molar-refractivity contribution in [3.05, 3.63) is 28.8 Å². The average molecular weight is 319 g/mol. The second-order valence-corrected chi connectivity index (χ2v) is 8.06. The predicted octanol–water partition coefficient (Wildman–Crippen LogP) is 4.12. The van der Waals surface area contributed by atoms with E-state index in [0.717, 1.165) is 30.6 Å². The van der Waals surface area contributed by atoms with Crippen LogP contribution in [0.5, 0.6) is 5.75 Å². The Labute approximate surface area is 126 Å². The molecule has 1 rings (SSSR count). The quantitative estimate of drug-likeness (QED) is 0.535. The molecule has 3 nitrogen and oxygen atoms in total. The van der Waals surface area contributed by atoms with Crippen LogP contribution < -0.4 is 4.74 Å². The minimum Gasteiger partial charge on any atom is -0.493 e. The molecule has 0 bridgehead atoms. The molecule has 0 amide bonds. The zero-order chi connectivity index (χ0) is 15.2. The molecule has 0 radical (unpaired) electrons. The lowest BCUT2D eigenvalue weighted by molar-refractivity contribution is 0.301. The zero-order valence-corrected chi connectivity index (χ0v) is 14.0. The number of halogens is 1. The predicted molar refractivity (Wildman–Crippen MR) is 84.3 cm³/mol. The number of aryl methyl sites for hydroxylation is 2. The fraction of sp³-hybridized carbons (Fsp3) is 0.600. The summed E-state index contributed by atoms with van der Waals surface area (Å²) in [5.74, 6) is 1.04. The van der Waals surface area contributed by atoms with E-state index in [9.17, 15) is 8.42 Å². The summed E-state index contributed by atoms with van der Waals surface area (Å²) in [5.41, 5.74) is 3.58. The van der Waals surface area contributed by atoms with Gasteiger partial charge in [0, 0.05) is 10.7 Å². The summed E-state index contributed by atoms with van der Waals surface area (Å²) in [4.78, 5) is 0. The van der Waals surface area contributed by atoms with Crippen molar-refractivity contribution in [1.29, 1.82) is 0 Å². The average Bonchev–Trinajstić information content (AvgIpc) is 2.35. The molecule has 0 aromatic heterocycles. The van der Waals surface area contributed by atoms with Crippen molar-refractivity contribution >= 4 is 19.7 Å². The molecule has 0 spiro atoms. The third-order valence-electron chi connectivity index (χ3n) is 3.40. The summed E-state index contributed by atoms with van der Waals surface area (Å²) < 4.78 is 27.4. The van der Waals surface area contributed by atoms with Crippen LogP contribution in [0.2, 0.25) is 0 Å². The number of unbranched alkanes of at least 4 members (excludes halogenated alkanes) is 3. The number of benzene rings is 1. The van der Waals surface area contributed by atoms with Crippen molar-refractivity contribution in [2.75, 3.05) is 12.4 Å². The second kappa shape index (κ2) is 7.89.